The molecule has 3 rings (SSSR count). The van der Waals surface area contributed by atoms with Crippen molar-refractivity contribution < 1.29 is 23.9 Å². The zero-order valence-corrected chi connectivity index (χ0v) is 13.5. The van der Waals surface area contributed by atoms with E-state index in [9.17, 15) is 14.4 Å². The van der Waals surface area contributed by atoms with E-state index in [1.807, 2.05) is 18.2 Å². The van der Waals surface area contributed by atoms with Crippen LogP contribution < -0.4 is 0 Å². The lowest BCUT2D eigenvalue weighted by Crippen LogP contribution is -2.41. The largest absolute Gasteiger partial charge is 0.465 e. The number of fused-ring (bicyclic) bond motifs is 1. The molecule has 0 amide bonds. The predicted molar refractivity (Wildman–Crippen MR) is 81.8 cm³/mol. The zero-order valence-electron chi connectivity index (χ0n) is 13.5. The minimum absolute atomic E-state index is 0.0220. The number of carbonyl (C=O) groups is 3. The van der Waals surface area contributed by atoms with E-state index in [4.69, 9.17) is 9.47 Å². The third-order valence-corrected chi connectivity index (χ3v) is 4.81. The maximum Gasteiger partial charge on any atom is 0.321 e. The molecular weight excluding hydrogens is 296 g/mol. The van der Waals surface area contributed by atoms with Crippen molar-refractivity contribution in [3.8, 4) is 0 Å². The summed E-state index contributed by atoms with van der Waals surface area (Å²) < 4.78 is 10.4. The molecule has 0 aromatic heterocycles. The summed E-state index contributed by atoms with van der Waals surface area (Å²) in [5.41, 5.74) is 0.757. The van der Waals surface area contributed by atoms with Crippen LogP contribution in [0.5, 0.6) is 0 Å². The van der Waals surface area contributed by atoms with Crippen molar-refractivity contribution in [3.05, 3.63) is 35.4 Å². The van der Waals surface area contributed by atoms with Crippen LogP contribution >= 0.6 is 0 Å². The Kier molecular flexibility index (Phi) is 3.74. The van der Waals surface area contributed by atoms with Crippen molar-refractivity contribution in [2.24, 2.45) is 17.8 Å². The first-order valence-electron chi connectivity index (χ1n) is 7.88. The maximum atomic E-state index is 12.8. The topological polar surface area (TPSA) is 69.7 Å². The summed E-state index contributed by atoms with van der Waals surface area (Å²) >= 11 is 0. The quantitative estimate of drug-likeness (QED) is 0.631. The highest BCUT2D eigenvalue weighted by Crippen LogP contribution is 2.46. The van der Waals surface area contributed by atoms with E-state index in [0.717, 1.165) is 5.56 Å². The molecule has 122 valence electrons. The van der Waals surface area contributed by atoms with E-state index in [1.54, 1.807) is 26.8 Å². The van der Waals surface area contributed by atoms with Crippen molar-refractivity contribution in [2.45, 2.75) is 32.8 Å². The summed E-state index contributed by atoms with van der Waals surface area (Å²) in [5.74, 6) is -3.21. The molecule has 1 aromatic carbocycles. The number of esters is 2. The Bertz CT molecular complexity index is 676. The van der Waals surface area contributed by atoms with Crippen LogP contribution in [-0.2, 0) is 25.5 Å². The van der Waals surface area contributed by atoms with Crippen molar-refractivity contribution >= 4 is 17.7 Å². The number of Topliss-reactive ketones (excluding diaryl/α,β-unsaturated/α-hetero) is 1. The Labute approximate surface area is 135 Å². The molecule has 1 aromatic rings. The number of rotatable bonds is 3. The summed E-state index contributed by atoms with van der Waals surface area (Å²) in [5, 5.41) is 0. The first-order chi connectivity index (χ1) is 10.9. The molecule has 2 aliphatic rings. The first kappa shape index (κ1) is 15.7. The smallest absolute Gasteiger partial charge is 0.321 e. The van der Waals surface area contributed by atoms with Gasteiger partial charge < -0.3 is 9.47 Å². The molecule has 5 nitrogen and oxygen atoms in total. The van der Waals surface area contributed by atoms with Crippen LogP contribution in [0.4, 0.5) is 0 Å². The molecule has 0 saturated carbocycles. The summed E-state index contributed by atoms with van der Waals surface area (Å²) in [6.07, 6.45) is 0.523. The van der Waals surface area contributed by atoms with E-state index in [2.05, 4.69) is 0 Å². The Hall–Kier alpha value is -2.17. The fraction of sp³-hybridized carbons (Fsp3) is 0.500. The molecular formula is C18H20O5. The van der Waals surface area contributed by atoms with E-state index in [0.29, 0.717) is 12.0 Å². The highest BCUT2D eigenvalue weighted by molar-refractivity contribution is 6.04. The molecule has 0 unspecified atom stereocenters. The van der Waals surface area contributed by atoms with Gasteiger partial charge in [-0.1, -0.05) is 24.3 Å². The Morgan fingerprint density at radius 3 is 2.65 bits per heavy atom. The predicted octanol–water partition coefficient (Wildman–Crippen LogP) is 2.17. The van der Waals surface area contributed by atoms with Crippen LogP contribution in [0.2, 0.25) is 0 Å². The minimum atomic E-state index is -1.03. The molecule has 1 fully saturated rings. The van der Waals surface area contributed by atoms with Gasteiger partial charge in [0.2, 0.25) is 0 Å². The number of ether oxygens (including phenoxy) is 2. The summed E-state index contributed by atoms with van der Waals surface area (Å²) in [6, 6.07) is 7.42. The van der Waals surface area contributed by atoms with E-state index >= 15 is 0 Å². The number of hydrogen-bond acceptors (Lipinski definition) is 5. The fourth-order valence-electron chi connectivity index (χ4n) is 3.89. The SMILES string of the molecule is CCOC(=O)[C@@H]1C(=O)OC(C)(C)[C@@H]1[C@@H]1Cc2ccccc2C1=O. The molecule has 1 saturated heterocycles. The van der Waals surface area contributed by atoms with Crippen molar-refractivity contribution in [2.75, 3.05) is 6.61 Å². The van der Waals surface area contributed by atoms with Gasteiger partial charge in [-0.3, -0.25) is 14.4 Å². The van der Waals surface area contributed by atoms with Gasteiger partial charge in [-0.05, 0) is 32.8 Å². The molecule has 0 N–H and O–H groups in total. The number of carbonyl (C=O) groups excluding carboxylic acids is 3. The van der Waals surface area contributed by atoms with Crippen molar-refractivity contribution in [1.29, 1.82) is 0 Å². The van der Waals surface area contributed by atoms with Gasteiger partial charge in [0.05, 0.1) is 6.61 Å². The number of ketones is 1. The van der Waals surface area contributed by atoms with Crippen molar-refractivity contribution in [3.63, 3.8) is 0 Å². The van der Waals surface area contributed by atoms with E-state index in [-0.39, 0.29) is 12.4 Å². The standard InChI is InChI=1S/C18H20O5/c1-4-22-16(20)13-14(18(2,3)23-17(13)21)12-9-10-7-5-6-8-11(10)15(12)19/h5-8,12-14H,4,9H2,1-3H3/t12-,13+,14+/m0/s1. The van der Waals surface area contributed by atoms with Gasteiger partial charge in [-0.15, -0.1) is 0 Å². The average molecular weight is 316 g/mol. The molecule has 5 heteroatoms. The molecule has 1 aliphatic heterocycles. The average Bonchev–Trinajstić information content (AvgIpc) is 2.93. The summed E-state index contributed by atoms with van der Waals surface area (Å²) in [7, 11) is 0. The number of cyclic esters (lactones) is 1. The molecule has 0 radical (unpaired) electrons. The number of hydrogen-bond donors (Lipinski definition) is 0. The molecule has 1 heterocycles. The number of benzene rings is 1. The Balaban J connectivity index is 1.97. The third-order valence-electron chi connectivity index (χ3n) is 4.81. The van der Waals surface area contributed by atoms with Crippen molar-refractivity contribution in [1.82, 2.24) is 0 Å². The molecule has 0 bridgehead atoms. The lowest BCUT2D eigenvalue weighted by Gasteiger charge is -2.30. The minimum Gasteiger partial charge on any atom is -0.465 e. The van der Waals surface area contributed by atoms with Crippen LogP contribution in [0.25, 0.3) is 0 Å². The van der Waals surface area contributed by atoms with Crippen LogP contribution in [0.1, 0.15) is 36.7 Å². The normalized spacial score (nSPS) is 28.4. The van der Waals surface area contributed by atoms with Gasteiger partial charge in [-0.25, -0.2) is 0 Å². The summed E-state index contributed by atoms with van der Waals surface area (Å²) in [4.78, 5) is 37.3. The van der Waals surface area contributed by atoms with E-state index in [1.165, 1.54) is 0 Å². The van der Waals surface area contributed by atoms with Crippen LogP contribution in [-0.4, -0.2) is 29.9 Å². The van der Waals surface area contributed by atoms with Gasteiger partial charge in [0, 0.05) is 17.4 Å². The second-order valence-corrected chi connectivity index (χ2v) is 6.61. The molecule has 23 heavy (non-hydrogen) atoms. The Morgan fingerprint density at radius 2 is 2.00 bits per heavy atom. The highest BCUT2D eigenvalue weighted by atomic mass is 16.6. The highest BCUT2D eigenvalue weighted by Gasteiger charge is 2.59. The molecule has 3 atom stereocenters. The van der Waals surface area contributed by atoms with Crippen LogP contribution in [0.3, 0.4) is 0 Å². The van der Waals surface area contributed by atoms with Crippen LogP contribution in [0.15, 0.2) is 24.3 Å². The molecule has 0 spiro atoms. The lowest BCUT2D eigenvalue weighted by atomic mass is 9.72. The van der Waals surface area contributed by atoms with Gasteiger partial charge in [0.1, 0.15) is 5.60 Å². The molecule has 1 aliphatic carbocycles. The Morgan fingerprint density at radius 1 is 1.30 bits per heavy atom. The van der Waals surface area contributed by atoms with Gasteiger partial charge in [0.25, 0.3) is 0 Å². The third kappa shape index (κ3) is 2.44. The lowest BCUT2D eigenvalue weighted by molar-refractivity contribution is -0.157. The van der Waals surface area contributed by atoms with Gasteiger partial charge in [0.15, 0.2) is 11.7 Å². The van der Waals surface area contributed by atoms with Gasteiger partial charge >= 0.3 is 11.9 Å². The van der Waals surface area contributed by atoms with E-state index < -0.39 is 35.3 Å². The fourth-order valence-corrected chi connectivity index (χ4v) is 3.89. The van der Waals surface area contributed by atoms with Crippen LogP contribution in [0, 0.1) is 17.8 Å². The zero-order chi connectivity index (χ0) is 16.8. The second-order valence-electron chi connectivity index (χ2n) is 6.61. The summed E-state index contributed by atoms with van der Waals surface area (Å²) in [6.45, 7) is 5.39. The second kappa shape index (κ2) is 5.48. The first-order valence-corrected chi connectivity index (χ1v) is 7.88. The van der Waals surface area contributed by atoms with Gasteiger partial charge in [-0.2, -0.15) is 0 Å². The maximum absolute atomic E-state index is 12.8. The monoisotopic (exact) mass is 316 g/mol.